The van der Waals surface area contributed by atoms with Gasteiger partial charge in [0, 0.05) is 6.92 Å². The van der Waals surface area contributed by atoms with Gasteiger partial charge in [-0.3, -0.25) is 4.79 Å². The van der Waals surface area contributed by atoms with Crippen LogP contribution in [0.5, 0.6) is 0 Å². The number of nitrogens with one attached hydrogen (secondary N) is 1. The summed E-state index contributed by atoms with van der Waals surface area (Å²) in [5, 5.41) is 11.5. The van der Waals surface area contributed by atoms with Crippen molar-refractivity contribution in [3.63, 3.8) is 0 Å². The van der Waals surface area contributed by atoms with Crippen LogP contribution < -0.4 is 24.2 Å². The number of nitriles is 1. The van der Waals surface area contributed by atoms with Crippen LogP contribution in [0.3, 0.4) is 0 Å². The summed E-state index contributed by atoms with van der Waals surface area (Å²) < 4.78 is 0. The molecular formula is C9H11ClLiN3O3. The standard InChI is InChI=1S/C9H8ClN3O.Li.2H2O/c1-5-3-8(10)13-7(4-11)9(5)12-6(2)14;;;/h3H,1-2H3,(H,12,14);;2*1H2/q;+1;;/p-1. The Morgan fingerprint density at radius 2 is 2.12 bits per heavy atom. The topological polar surface area (TPSA) is 127 Å². The summed E-state index contributed by atoms with van der Waals surface area (Å²) in [4.78, 5) is 14.6. The molecule has 0 saturated heterocycles. The number of carbonyl (C=O) groups excluding carboxylic acids is 1. The molecule has 1 aromatic rings. The molecule has 88 valence electrons. The molecular weight excluding hydrogens is 241 g/mol. The van der Waals surface area contributed by atoms with E-state index < -0.39 is 0 Å². The van der Waals surface area contributed by atoms with E-state index in [1.165, 1.54) is 6.92 Å². The number of aromatic nitrogens is 1. The molecule has 0 fully saturated rings. The molecule has 0 radical (unpaired) electrons. The number of pyridine rings is 1. The summed E-state index contributed by atoms with van der Waals surface area (Å²) in [5.74, 6) is -0.242. The van der Waals surface area contributed by atoms with E-state index in [1.807, 2.05) is 6.07 Å². The number of nitrogens with zero attached hydrogens (tertiary/aromatic N) is 2. The van der Waals surface area contributed by atoms with Gasteiger partial charge < -0.3 is 16.3 Å². The minimum absolute atomic E-state index is 0. The van der Waals surface area contributed by atoms with Crippen molar-refractivity contribution in [1.82, 2.24) is 4.98 Å². The third-order valence-electron chi connectivity index (χ3n) is 1.59. The Morgan fingerprint density at radius 1 is 1.59 bits per heavy atom. The van der Waals surface area contributed by atoms with Crippen LogP contribution in [0.25, 0.3) is 0 Å². The maximum atomic E-state index is 10.8. The molecule has 0 spiro atoms. The number of anilines is 1. The normalized spacial score (nSPS) is 7.65. The predicted molar refractivity (Wildman–Crippen MR) is 58.6 cm³/mol. The van der Waals surface area contributed by atoms with Crippen molar-refractivity contribution >= 4 is 23.2 Å². The second kappa shape index (κ2) is 9.00. The zero-order valence-electron chi connectivity index (χ0n) is 9.71. The third-order valence-corrected chi connectivity index (χ3v) is 1.79. The van der Waals surface area contributed by atoms with E-state index in [-0.39, 0.29) is 46.6 Å². The average Bonchev–Trinajstić information content (AvgIpc) is 2.08. The summed E-state index contributed by atoms with van der Waals surface area (Å²) in [7, 11) is 0. The van der Waals surface area contributed by atoms with Gasteiger partial charge in [-0.1, -0.05) is 11.6 Å². The van der Waals surface area contributed by atoms with E-state index in [0.29, 0.717) is 5.69 Å². The van der Waals surface area contributed by atoms with Crippen molar-refractivity contribution in [2.24, 2.45) is 0 Å². The number of carbonyl (C=O) groups is 1. The third kappa shape index (κ3) is 5.69. The molecule has 0 aliphatic heterocycles. The van der Waals surface area contributed by atoms with Crippen molar-refractivity contribution in [2.45, 2.75) is 13.8 Å². The van der Waals surface area contributed by atoms with Crippen molar-refractivity contribution in [3.8, 4) is 6.07 Å². The van der Waals surface area contributed by atoms with Gasteiger partial charge in [0.25, 0.3) is 0 Å². The van der Waals surface area contributed by atoms with Gasteiger partial charge in [0.1, 0.15) is 11.2 Å². The van der Waals surface area contributed by atoms with Crippen LogP contribution in [0.2, 0.25) is 5.15 Å². The van der Waals surface area contributed by atoms with Gasteiger partial charge in [0.05, 0.1) is 5.69 Å². The number of rotatable bonds is 1. The minimum atomic E-state index is -0.242. The van der Waals surface area contributed by atoms with Crippen LogP contribution >= 0.6 is 11.6 Å². The SMILES string of the molecule is CC(=O)Nc1c(C)cc(Cl)nc1C#N.O.[Li+].[OH-]. The Labute approximate surface area is 116 Å². The molecule has 4 N–H and O–H groups in total. The molecule has 1 heterocycles. The fraction of sp³-hybridized carbons (Fsp3) is 0.222. The first-order valence-corrected chi connectivity index (χ1v) is 4.27. The van der Waals surface area contributed by atoms with E-state index in [4.69, 9.17) is 16.9 Å². The monoisotopic (exact) mass is 251 g/mol. The van der Waals surface area contributed by atoms with E-state index in [2.05, 4.69) is 10.3 Å². The predicted octanol–water partition coefficient (Wildman–Crippen LogP) is -2.12. The van der Waals surface area contributed by atoms with Gasteiger partial charge >= 0.3 is 18.9 Å². The molecule has 1 amide bonds. The zero-order chi connectivity index (χ0) is 10.7. The smallest absolute Gasteiger partial charge is 0.870 e. The molecule has 0 unspecified atom stereocenters. The second-order valence-electron chi connectivity index (χ2n) is 2.78. The molecule has 0 saturated carbocycles. The summed E-state index contributed by atoms with van der Waals surface area (Å²) in [6, 6.07) is 3.46. The minimum Gasteiger partial charge on any atom is -0.870 e. The largest absolute Gasteiger partial charge is 1.00 e. The van der Waals surface area contributed by atoms with Gasteiger partial charge in [-0.25, -0.2) is 4.98 Å². The molecule has 0 bridgehead atoms. The molecule has 8 heteroatoms. The van der Waals surface area contributed by atoms with Gasteiger partial charge in [-0.05, 0) is 18.6 Å². The van der Waals surface area contributed by atoms with Crippen LogP contribution in [0.1, 0.15) is 18.2 Å². The molecule has 0 aromatic carbocycles. The average molecular weight is 252 g/mol. The quantitative estimate of drug-likeness (QED) is 0.452. The van der Waals surface area contributed by atoms with Crippen molar-refractivity contribution in [2.75, 3.05) is 5.32 Å². The molecule has 0 aliphatic rings. The molecule has 1 rings (SSSR count). The molecule has 1 aromatic heterocycles. The number of hydrogen-bond acceptors (Lipinski definition) is 4. The molecule has 0 aliphatic carbocycles. The molecule has 17 heavy (non-hydrogen) atoms. The van der Waals surface area contributed by atoms with Gasteiger partial charge in [0.2, 0.25) is 5.91 Å². The number of hydrogen-bond donors (Lipinski definition) is 1. The Bertz CT molecular complexity index is 434. The van der Waals surface area contributed by atoms with E-state index in [1.54, 1.807) is 13.0 Å². The van der Waals surface area contributed by atoms with Crippen LogP contribution in [0.4, 0.5) is 5.69 Å². The Kier molecular flexibility index (Phi) is 11.2. The second-order valence-corrected chi connectivity index (χ2v) is 3.17. The maximum Gasteiger partial charge on any atom is 1.00 e. The first kappa shape index (κ1) is 21.2. The van der Waals surface area contributed by atoms with E-state index in [9.17, 15) is 4.79 Å². The van der Waals surface area contributed by atoms with Crippen LogP contribution in [-0.2, 0) is 4.79 Å². The van der Waals surface area contributed by atoms with Crippen molar-refractivity contribution in [1.29, 1.82) is 5.26 Å². The van der Waals surface area contributed by atoms with Crippen molar-refractivity contribution in [3.05, 3.63) is 22.5 Å². The van der Waals surface area contributed by atoms with E-state index in [0.717, 1.165) is 5.56 Å². The molecule has 0 atom stereocenters. The van der Waals surface area contributed by atoms with Crippen LogP contribution in [-0.4, -0.2) is 21.8 Å². The Morgan fingerprint density at radius 3 is 2.53 bits per heavy atom. The fourth-order valence-electron chi connectivity index (χ4n) is 1.05. The number of amides is 1. The van der Waals surface area contributed by atoms with Crippen LogP contribution in [0.15, 0.2) is 6.07 Å². The summed E-state index contributed by atoms with van der Waals surface area (Å²) in [5.41, 5.74) is 1.27. The van der Waals surface area contributed by atoms with Gasteiger partial charge in [0.15, 0.2) is 5.69 Å². The van der Waals surface area contributed by atoms with Gasteiger partial charge in [-0.2, -0.15) is 5.26 Å². The van der Waals surface area contributed by atoms with Gasteiger partial charge in [-0.15, -0.1) is 0 Å². The van der Waals surface area contributed by atoms with E-state index >= 15 is 0 Å². The summed E-state index contributed by atoms with van der Waals surface area (Å²) in [6.07, 6.45) is 0. The number of aryl methyl sites for hydroxylation is 1. The van der Waals surface area contributed by atoms with Crippen molar-refractivity contribution < 1.29 is 34.6 Å². The number of halogens is 1. The first-order chi connectivity index (χ1) is 6.54. The maximum absolute atomic E-state index is 10.8. The summed E-state index contributed by atoms with van der Waals surface area (Å²) in [6.45, 7) is 3.12. The fourth-order valence-corrected chi connectivity index (χ4v) is 1.30. The Hall–Kier alpha value is -1.08. The zero-order valence-corrected chi connectivity index (χ0v) is 10.5. The van der Waals surface area contributed by atoms with Crippen LogP contribution in [0, 0.1) is 18.3 Å². The Balaban J connectivity index is -0.000000653. The summed E-state index contributed by atoms with van der Waals surface area (Å²) >= 11 is 5.66. The molecule has 6 nitrogen and oxygen atoms in total. The first-order valence-electron chi connectivity index (χ1n) is 3.89.